The highest BCUT2D eigenvalue weighted by Crippen LogP contribution is 2.10. The summed E-state index contributed by atoms with van der Waals surface area (Å²) in [5.41, 5.74) is 1.19. The number of hydrogen-bond donors (Lipinski definition) is 0. The van der Waals surface area contributed by atoms with E-state index in [0.29, 0.717) is 5.92 Å². The highest BCUT2D eigenvalue weighted by Gasteiger charge is 2.09. The third kappa shape index (κ3) is 3.82. The molecule has 0 aromatic carbocycles. The molecule has 1 aliphatic heterocycles. The normalized spacial score (nSPS) is 17.8. The van der Waals surface area contributed by atoms with Crippen LogP contribution in [0.15, 0.2) is 12.3 Å². The lowest BCUT2D eigenvalue weighted by Gasteiger charge is -2.26. The van der Waals surface area contributed by atoms with E-state index < -0.39 is 0 Å². The van der Waals surface area contributed by atoms with Crippen LogP contribution in [-0.4, -0.2) is 47.5 Å². The van der Waals surface area contributed by atoms with Crippen molar-refractivity contribution in [3.05, 3.63) is 18.0 Å². The van der Waals surface area contributed by atoms with Gasteiger partial charge in [-0.1, -0.05) is 13.8 Å². The first-order chi connectivity index (χ1) is 8.25. The summed E-state index contributed by atoms with van der Waals surface area (Å²) in [6.07, 6.45) is 3.26. The van der Waals surface area contributed by atoms with Crippen LogP contribution in [0.5, 0.6) is 0 Å². The van der Waals surface area contributed by atoms with Crippen LogP contribution in [-0.2, 0) is 11.3 Å². The first-order valence-electron chi connectivity index (χ1n) is 6.59. The van der Waals surface area contributed by atoms with Gasteiger partial charge >= 0.3 is 0 Å². The fourth-order valence-electron chi connectivity index (χ4n) is 2.09. The summed E-state index contributed by atoms with van der Waals surface area (Å²) >= 11 is 0. The van der Waals surface area contributed by atoms with Gasteiger partial charge in [0.15, 0.2) is 0 Å². The van der Waals surface area contributed by atoms with Gasteiger partial charge in [0.25, 0.3) is 0 Å². The summed E-state index contributed by atoms with van der Waals surface area (Å²) in [5, 5.41) is 4.57. The molecule has 0 amide bonds. The number of rotatable bonds is 5. The van der Waals surface area contributed by atoms with Gasteiger partial charge in [0.1, 0.15) is 0 Å². The predicted molar refractivity (Wildman–Crippen MR) is 68.2 cm³/mol. The molecule has 0 atom stereocenters. The van der Waals surface area contributed by atoms with Gasteiger partial charge in [-0.2, -0.15) is 5.10 Å². The minimum absolute atomic E-state index is 0.524. The highest BCUT2D eigenvalue weighted by atomic mass is 16.5. The van der Waals surface area contributed by atoms with Gasteiger partial charge in [-0.25, -0.2) is 0 Å². The molecule has 4 nitrogen and oxygen atoms in total. The maximum Gasteiger partial charge on any atom is 0.0649 e. The third-order valence-corrected chi connectivity index (χ3v) is 3.22. The minimum atomic E-state index is 0.524. The van der Waals surface area contributed by atoms with Crippen LogP contribution in [0, 0.1) is 0 Å². The number of aromatic nitrogens is 2. The van der Waals surface area contributed by atoms with E-state index in [-0.39, 0.29) is 0 Å². The maximum atomic E-state index is 5.33. The monoisotopic (exact) mass is 237 g/mol. The molecule has 0 unspecified atom stereocenters. The van der Waals surface area contributed by atoms with Gasteiger partial charge < -0.3 is 4.74 Å². The smallest absolute Gasteiger partial charge is 0.0649 e. The second-order valence-corrected chi connectivity index (χ2v) is 4.97. The molecule has 17 heavy (non-hydrogen) atoms. The van der Waals surface area contributed by atoms with E-state index in [9.17, 15) is 0 Å². The first kappa shape index (κ1) is 12.6. The fraction of sp³-hybridized carbons (Fsp3) is 0.769. The van der Waals surface area contributed by atoms with Crippen LogP contribution in [0.1, 0.15) is 31.9 Å². The molecule has 0 saturated carbocycles. The van der Waals surface area contributed by atoms with Crippen molar-refractivity contribution >= 4 is 0 Å². The second-order valence-electron chi connectivity index (χ2n) is 4.97. The summed E-state index contributed by atoms with van der Waals surface area (Å²) in [6, 6.07) is 2.12. The number of ether oxygens (including phenoxy) is 1. The van der Waals surface area contributed by atoms with Crippen molar-refractivity contribution in [3.8, 4) is 0 Å². The molecule has 0 spiro atoms. The van der Waals surface area contributed by atoms with E-state index in [1.807, 2.05) is 0 Å². The molecule has 4 heteroatoms. The van der Waals surface area contributed by atoms with Crippen LogP contribution in [0.4, 0.5) is 0 Å². The summed E-state index contributed by atoms with van der Waals surface area (Å²) in [6.45, 7) is 10.5. The number of morpholine rings is 1. The molecule has 0 aliphatic carbocycles. The molecule has 1 fully saturated rings. The molecular weight excluding hydrogens is 214 g/mol. The Labute approximate surface area is 104 Å². The average Bonchev–Trinajstić information content (AvgIpc) is 2.79. The van der Waals surface area contributed by atoms with Gasteiger partial charge in [-0.3, -0.25) is 9.58 Å². The van der Waals surface area contributed by atoms with E-state index in [4.69, 9.17) is 4.74 Å². The zero-order chi connectivity index (χ0) is 12.1. The van der Waals surface area contributed by atoms with Gasteiger partial charge in [-0.15, -0.1) is 0 Å². The van der Waals surface area contributed by atoms with Crippen molar-refractivity contribution in [1.82, 2.24) is 14.7 Å². The number of aryl methyl sites for hydroxylation is 1. The Morgan fingerprint density at radius 1 is 1.29 bits per heavy atom. The molecule has 2 heterocycles. The molecule has 0 N–H and O–H groups in total. The van der Waals surface area contributed by atoms with Gasteiger partial charge in [-0.05, 0) is 18.4 Å². The Morgan fingerprint density at radius 3 is 2.71 bits per heavy atom. The molecular formula is C13H23N3O. The van der Waals surface area contributed by atoms with Crippen LogP contribution >= 0.6 is 0 Å². The van der Waals surface area contributed by atoms with Crippen molar-refractivity contribution in [1.29, 1.82) is 0 Å². The largest absolute Gasteiger partial charge is 0.379 e. The van der Waals surface area contributed by atoms with E-state index >= 15 is 0 Å². The first-order valence-corrected chi connectivity index (χ1v) is 6.59. The van der Waals surface area contributed by atoms with E-state index in [2.05, 4.69) is 40.8 Å². The average molecular weight is 237 g/mol. The molecule has 2 rings (SSSR count). The lowest BCUT2D eigenvalue weighted by Crippen LogP contribution is -2.37. The summed E-state index contributed by atoms with van der Waals surface area (Å²) in [5.74, 6) is 0.524. The van der Waals surface area contributed by atoms with Crippen molar-refractivity contribution in [3.63, 3.8) is 0 Å². The van der Waals surface area contributed by atoms with Crippen molar-refractivity contribution < 1.29 is 4.74 Å². The Kier molecular flexibility index (Phi) is 4.57. The molecule has 1 saturated heterocycles. The van der Waals surface area contributed by atoms with Gasteiger partial charge in [0.2, 0.25) is 0 Å². The zero-order valence-corrected chi connectivity index (χ0v) is 10.9. The van der Waals surface area contributed by atoms with E-state index in [0.717, 1.165) is 39.4 Å². The topological polar surface area (TPSA) is 30.3 Å². The lowest BCUT2D eigenvalue weighted by molar-refractivity contribution is 0.0368. The van der Waals surface area contributed by atoms with Crippen LogP contribution in [0.25, 0.3) is 0 Å². The molecule has 0 bridgehead atoms. The third-order valence-electron chi connectivity index (χ3n) is 3.22. The Morgan fingerprint density at radius 2 is 2.06 bits per heavy atom. The molecule has 96 valence electrons. The SMILES string of the molecule is CC(C)c1ccn(CCCN2CCOCC2)n1. The highest BCUT2D eigenvalue weighted by molar-refractivity contribution is 5.03. The molecule has 1 aromatic heterocycles. The Bertz CT molecular complexity index is 329. The van der Waals surface area contributed by atoms with E-state index in [1.54, 1.807) is 0 Å². The number of nitrogens with zero attached hydrogens (tertiary/aromatic N) is 3. The van der Waals surface area contributed by atoms with Crippen LogP contribution in [0.2, 0.25) is 0 Å². The van der Waals surface area contributed by atoms with Crippen LogP contribution in [0.3, 0.4) is 0 Å². The molecule has 1 aliphatic rings. The standard InChI is InChI=1S/C13H23N3O/c1-12(2)13-4-7-16(14-13)6-3-5-15-8-10-17-11-9-15/h4,7,12H,3,5-6,8-11H2,1-2H3. The Hall–Kier alpha value is -0.870. The summed E-state index contributed by atoms with van der Waals surface area (Å²) in [4.78, 5) is 2.47. The maximum absolute atomic E-state index is 5.33. The molecule has 1 aromatic rings. The van der Waals surface area contributed by atoms with Gasteiger partial charge in [0, 0.05) is 32.4 Å². The van der Waals surface area contributed by atoms with Crippen molar-refractivity contribution in [2.24, 2.45) is 0 Å². The fourth-order valence-corrected chi connectivity index (χ4v) is 2.09. The molecule has 0 radical (unpaired) electrons. The summed E-state index contributed by atoms with van der Waals surface area (Å²) < 4.78 is 7.40. The second kappa shape index (κ2) is 6.17. The minimum Gasteiger partial charge on any atom is -0.379 e. The predicted octanol–water partition coefficient (Wildman–Crippen LogP) is 1.73. The number of hydrogen-bond acceptors (Lipinski definition) is 3. The lowest BCUT2D eigenvalue weighted by atomic mass is 10.1. The van der Waals surface area contributed by atoms with Crippen molar-refractivity contribution in [2.75, 3.05) is 32.8 Å². The quantitative estimate of drug-likeness (QED) is 0.781. The van der Waals surface area contributed by atoms with Crippen molar-refractivity contribution in [2.45, 2.75) is 32.7 Å². The zero-order valence-electron chi connectivity index (χ0n) is 10.9. The summed E-state index contributed by atoms with van der Waals surface area (Å²) in [7, 11) is 0. The van der Waals surface area contributed by atoms with Crippen LogP contribution < -0.4 is 0 Å². The van der Waals surface area contributed by atoms with E-state index in [1.165, 1.54) is 12.1 Å². The van der Waals surface area contributed by atoms with Gasteiger partial charge in [0.05, 0.1) is 18.9 Å². The Balaban J connectivity index is 1.70.